The zero-order chi connectivity index (χ0) is 13.4. The van der Waals surface area contributed by atoms with Crippen LogP contribution in [0.5, 0.6) is 0 Å². The van der Waals surface area contributed by atoms with Gasteiger partial charge in [0.2, 0.25) is 0 Å². The maximum atomic E-state index is 11.8. The van der Waals surface area contributed by atoms with Gasteiger partial charge in [-0.15, -0.1) is 0 Å². The van der Waals surface area contributed by atoms with Gasteiger partial charge in [0.15, 0.2) is 6.04 Å². The molecule has 1 aromatic carbocycles. The van der Waals surface area contributed by atoms with Crippen molar-refractivity contribution in [3.63, 3.8) is 0 Å². The van der Waals surface area contributed by atoms with E-state index in [1.807, 2.05) is 0 Å². The molecule has 1 rings (SSSR count). The van der Waals surface area contributed by atoms with Gasteiger partial charge in [0.05, 0.1) is 13.3 Å². The number of nitrogens with zero attached hydrogens (tertiary/aromatic N) is 1. The number of amides is 1. The van der Waals surface area contributed by atoms with Gasteiger partial charge in [-0.3, -0.25) is 4.79 Å². The summed E-state index contributed by atoms with van der Waals surface area (Å²) in [7, 11) is 2.56. The van der Waals surface area contributed by atoms with E-state index in [0.29, 0.717) is 5.56 Å². The van der Waals surface area contributed by atoms with Gasteiger partial charge in [-0.25, -0.2) is 4.79 Å². The van der Waals surface area contributed by atoms with Crippen LogP contribution in [0.3, 0.4) is 0 Å². The van der Waals surface area contributed by atoms with Crippen molar-refractivity contribution in [2.45, 2.75) is 6.04 Å². The molecule has 1 N–H and O–H groups in total. The normalized spacial score (nSPS) is 11.9. The van der Waals surface area contributed by atoms with Crippen molar-refractivity contribution in [1.82, 2.24) is 5.32 Å². The van der Waals surface area contributed by atoms with Crippen LogP contribution in [0.15, 0.2) is 35.5 Å². The van der Waals surface area contributed by atoms with Gasteiger partial charge in [0, 0.05) is 5.56 Å². The fourth-order valence-electron chi connectivity index (χ4n) is 1.22. The molecule has 0 spiro atoms. The lowest BCUT2D eigenvalue weighted by Crippen LogP contribution is -2.42. The molecule has 0 aliphatic heterocycles. The molecule has 0 aromatic heterocycles. The molecule has 6 heteroatoms. The lowest BCUT2D eigenvalue weighted by atomic mass is 10.2. The number of benzene rings is 1. The molecule has 0 aliphatic carbocycles. The van der Waals surface area contributed by atoms with Gasteiger partial charge in [-0.05, 0) is 12.1 Å². The molecule has 1 atom stereocenters. The Kier molecular flexibility index (Phi) is 5.37. The molecular formula is C12H14N2O4. The third kappa shape index (κ3) is 3.89. The molecular weight excluding hydrogens is 236 g/mol. The Morgan fingerprint density at radius 2 is 1.94 bits per heavy atom. The molecule has 0 aliphatic rings. The first kappa shape index (κ1) is 13.7. The molecule has 1 unspecified atom stereocenters. The number of ether oxygens (including phenoxy) is 1. The van der Waals surface area contributed by atoms with Crippen LogP contribution < -0.4 is 5.32 Å². The summed E-state index contributed by atoms with van der Waals surface area (Å²) in [5.74, 6) is -1.02. The van der Waals surface area contributed by atoms with Crippen molar-refractivity contribution in [1.29, 1.82) is 0 Å². The van der Waals surface area contributed by atoms with Crippen LogP contribution in [0.2, 0.25) is 0 Å². The van der Waals surface area contributed by atoms with Crippen LogP contribution in [0.1, 0.15) is 10.4 Å². The van der Waals surface area contributed by atoms with Crippen LogP contribution >= 0.6 is 0 Å². The summed E-state index contributed by atoms with van der Waals surface area (Å²) in [6.07, 6.45) is 1.16. The second kappa shape index (κ2) is 7.05. The Labute approximate surface area is 105 Å². The Morgan fingerprint density at radius 1 is 1.28 bits per heavy atom. The zero-order valence-corrected chi connectivity index (χ0v) is 10.1. The lowest BCUT2D eigenvalue weighted by Gasteiger charge is -2.11. The minimum atomic E-state index is -0.984. The van der Waals surface area contributed by atoms with E-state index in [1.165, 1.54) is 14.2 Å². The highest BCUT2D eigenvalue weighted by Gasteiger charge is 2.20. The lowest BCUT2D eigenvalue weighted by molar-refractivity contribution is -0.140. The smallest absolute Gasteiger partial charge is 0.334 e. The molecule has 1 aromatic rings. The SMILES string of the molecule is CO/N=C/C(NC(=O)c1ccccc1)C(=O)OC. The van der Waals surface area contributed by atoms with Crippen LogP contribution in [0.25, 0.3) is 0 Å². The standard InChI is InChI=1S/C12H14N2O4/c1-17-12(16)10(8-13-18-2)14-11(15)9-6-4-3-5-7-9/h3-8,10H,1-2H3,(H,14,15)/b13-8+. The summed E-state index contributed by atoms with van der Waals surface area (Å²) >= 11 is 0. The molecule has 1 amide bonds. The van der Waals surface area contributed by atoms with Crippen molar-refractivity contribution in [2.75, 3.05) is 14.2 Å². The summed E-state index contributed by atoms with van der Waals surface area (Å²) in [6, 6.07) is 7.54. The van der Waals surface area contributed by atoms with Crippen molar-refractivity contribution >= 4 is 18.1 Å². The van der Waals surface area contributed by atoms with E-state index in [-0.39, 0.29) is 0 Å². The molecule has 18 heavy (non-hydrogen) atoms. The Hall–Kier alpha value is -2.37. The topological polar surface area (TPSA) is 77.0 Å². The van der Waals surface area contributed by atoms with Crippen LogP contribution in [0.4, 0.5) is 0 Å². The van der Waals surface area contributed by atoms with Crippen molar-refractivity contribution in [3.05, 3.63) is 35.9 Å². The molecule has 0 saturated carbocycles. The van der Waals surface area contributed by atoms with E-state index in [2.05, 4.69) is 20.0 Å². The molecule has 0 saturated heterocycles. The van der Waals surface area contributed by atoms with Gasteiger partial charge >= 0.3 is 5.97 Å². The van der Waals surface area contributed by atoms with Gasteiger partial charge in [-0.2, -0.15) is 0 Å². The number of oxime groups is 1. The fraction of sp³-hybridized carbons (Fsp3) is 0.250. The van der Waals surface area contributed by atoms with Crippen LogP contribution in [0, 0.1) is 0 Å². The molecule has 96 valence electrons. The second-order valence-corrected chi connectivity index (χ2v) is 3.28. The van der Waals surface area contributed by atoms with E-state index in [9.17, 15) is 9.59 Å². The summed E-state index contributed by atoms with van der Waals surface area (Å²) in [4.78, 5) is 27.7. The molecule has 0 radical (unpaired) electrons. The first-order valence-electron chi connectivity index (χ1n) is 5.19. The van der Waals surface area contributed by atoms with E-state index in [1.54, 1.807) is 30.3 Å². The maximum absolute atomic E-state index is 11.8. The van der Waals surface area contributed by atoms with Crippen molar-refractivity contribution in [2.24, 2.45) is 5.16 Å². The molecule has 0 fully saturated rings. The van der Waals surface area contributed by atoms with Crippen molar-refractivity contribution < 1.29 is 19.2 Å². The molecule has 0 bridgehead atoms. The first-order chi connectivity index (χ1) is 8.69. The Morgan fingerprint density at radius 3 is 2.50 bits per heavy atom. The number of esters is 1. The van der Waals surface area contributed by atoms with E-state index >= 15 is 0 Å². The number of carbonyl (C=O) groups is 2. The summed E-state index contributed by atoms with van der Waals surface area (Å²) in [5.41, 5.74) is 0.442. The number of carbonyl (C=O) groups excluding carboxylic acids is 2. The van der Waals surface area contributed by atoms with Gasteiger partial charge < -0.3 is 14.9 Å². The fourth-order valence-corrected chi connectivity index (χ4v) is 1.22. The number of nitrogens with one attached hydrogen (secondary N) is 1. The first-order valence-corrected chi connectivity index (χ1v) is 5.19. The van der Waals surface area contributed by atoms with E-state index < -0.39 is 17.9 Å². The average Bonchev–Trinajstić information content (AvgIpc) is 2.43. The predicted octanol–water partition coefficient (Wildman–Crippen LogP) is 0.590. The molecule has 6 nitrogen and oxygen atoms in total. The van der Waals surface area contributed by atoms with Gasteiger partial charge in [0.1, 0.15) is 7.11 Å². The molecule has 0 heterocycles. The van der Waals surface area contributed by atoms with Gasteiger partial charge in [-0.1, -0.05) is 23.4 Å². The number of methoxy groups -OCH3 is 1. The highest BCUT2D eigenvalue weighted by atomic mass is 16.6. The monoisotopic (exact) mass is 250 g/mol. The largest absolute Gasteiger partial charge is 0.467 e. The number of hydrogen-bond acceptors (Lipinski definition) is 5. The third-order valence-electron chi connectivity index (χ3n) is 2.09. The van der Waals surface area contributed by atoms with Gasteiger partial charge in [0.25, 0.3) is 5.91 Å². The Bertz CT molecular complexity index is 431. The quantitative estimate of drug-likeness (QED) is 0.471. The number of rotatable bonds is 5. The van der Waals surface area contributed by atoms with E-state index in [0.717, 1.165) is 6.21 Å². The summed E-state index contributed by atoms with van der Waals surface area (Å²) < 4.78 is 4.55. The number of hydrogen-bond donors (Lipinski definition) is 1. The minimum absolute atomic E-state index is 0.395. The second-order valence-electron chi connectivity index (χ2n) is 3.28. The predicted molar refractivity (Wildman–Crippen MR) is 65.2 cm³/mol. The average molecular weight is 250 g/mol. The highest BCUT2D eigenvalue weighted by molar-refractivity contribution is 6.02. The minimum Gasteiger partial charge on any atom is -0.467 e. The van der Waals surface area contributed by atoms with Crippen LogP contribution in [-0.4, -0.2) is 38.4 Å². The van der Waals surface area contributed by atoms with Crippen molar-refractivity contribution in [3.8, 4) is 0 Å². The third-order valence-corrected chi connectivity index (χ3v) is 2.09. The maximum Gasteiger partial charge on any atom is 0.334 e. The zero-order valence-electron chi connectivity index (χ0n) is 10.1. The van der Waals surface area contributed by atoms with Crippen LogP contribution in [-0.2, 0) is 14.4 Å². The summed E-state index contributed by atoms with van der Waals surface area (Å²) in [5, 5.41) is 5.92. The summed E-state index contributed by atoms with van der Waals surface area (Å²) in [6.45, 7) is 0. The highest BCUT2D eigenvalue weighted by Crippen LogP contribution is 1.99. The Balaban J connectivity index is 2.75. The van der Waals surface area contributed by atoms with E-state index in [4.69, 9.17) is 0 Å².